The molecule has 4 rings (SSSR count). The molecule has 3 N–H and O–H groups in total. The minimum Gasteiger partial charge on any atom is -0.495 e. The lowest BCUT2D eigenvalue weighted by Gasteiger charge is -2.16. The third kappa shape index (κ3) is 3.59. The first-order valence-corrected chi connectivity index (χ1v) is 9.31. The second-order valence-electron chi connectivity index (χ2n) is 7.07. The van der Waals surface area contributed by atoms with Crippen molar-refractivity contribution in [2.75, 3.05) is 25.5 Å². The number of fused-ring (bicyclic) bond motifs is 5. The molecule has 2 bridgehead atoms. The number of amides is 2. The molecule has 2 aliphatic carbocycles. The van der Waals surface area contributed by atoms with Crippen LogP contribution >= 0.6 is 35.6 Å². The molecule has 1 saturated heterocycles. The molecule has 28 heavy (non-hydrogen) atoms. The largest absolute Gasteiger partial charge is 0.495 e. The Bertz CT molecular complexity index is 830. The van der Waals surface area contributed by atoms with Gasteiger partial charge in [0.05, 0.1) is 30.5 Å². The summed E-state index contributed by atoms with van der Waals surface area (Å²) in [4.78, 5) is 30.8. The molecular weight excluding hydrogens is 495 g/mol. The molecule has 0 radical (unpaired) electrons. The molecule has 3 aliphatic rings. The highest BCUT2D eigenvalue weighted by Crippen LogP contribution is 2.52. The van der Waals surface area contributed by atoms with E-state index in [2.05, 4.69) is 22.5 Å². The van der Waals surface area contributed by atoms with E-state index in [0.29, 0.717) is 16.5 Å². The van der Waals surface area contributed by atoms with E-state index in [1.54, 1.807) is 25.3 Å². The molecule has 4 unspecified atom stereocenters. The molecule has 1 heterocycles. The monoisotopic (exact) mass is 516 g/mol. The lowest BCUT2D eigenvalue weighted by molar-refractivity contribution is -0.140. The Balaban J connectivity index is 0.00000225. The lowest BCUT2D eigenvalue weighted by atomic mass is 9.85. The number of hydrogen-bond acceptors (Lipinski definition) is 4. The normalized spacial score (nSPS) is 27.8. The molecule has 9 heteroatoms. The number of methoxy groups -OCH3 is 1. The van der Waals surface area contributed by atoms with Gasteiger partial charge in [0.2, 0.25) is 11.8 Å². The predicted octanol–water partition coefficient (Wildman–Crippen LogP) is 2.50. The first-order valence-electron chi connectivity index (χ1n) is 8.93. The Kier molecular flexibility index (Phi) is 6.18. The maximum Gasteiger partial charge on any atom is 0.233 e. The third-order valence-corrected chi connectivity index (χ3v) is 5.89. The summed E-state index contributed by atoms with van der Waals surface area (Å²) in [5, 5.41) is 3.39. The first kappa shape index (κ1) is 20.9. The van der Waals surface area contributed by atoms with E-state index in [0.717, 1.165) is 6.42 Å². The summed E-state index contributed by atoms with van der Waals surface area (Å²) in [6.07, 6.45) is 5.10. The van der Waals surface area contributed by atoms with Gasteiger partial charge in [0.15, 0.2) is 5.96 Å². The van der Waals surface area contributed by atoms with Crippen molar-refractivity contribution in [3.05, 3.63) is 35.4 Å². The minimum absolute atomic E-state index is 0. The predicted molar refractivity (Wildman–Crippen MR) is 118 cm³/mol. The number of aliphatic imine (C=N–C) groups is 1. The molecule has 150 valence electrons. The lowest BCUT2D eigenvalue weighted by Crippen LogP contribution is -2.35. The number of rotatable bonds is 5. The highest BCUT2D eigenvalue weighted by Gasteiger charge is 2.58. The number of nitrogens with zero attached hydrogens (tertiary/aromatic N) is 2. The maximum absolute atomic E-state index is 12.6. The van der Waals surface area contributed by atoms with E-state index in [-0.39, 0.29) is 78.5 Å². The van der Waals surface area contributed by atoms with Gasteiger partial charge in [-0.25, -0.2) is 0 Å². The van der Waals surface area contributed by atoms with Crippen molar-refractivity contribution in [1.29, 1.82) is 0 Å². The van der Waals surface area contributed by atoms with Gasteiger partial charge in [-0.3, -0.25) is 19.5 Å². The van der Waals surface area contributed by atoms with Gasteiger partial charge in [-0.2, -0.15) is 0 Å². The number of guanidine groups is 1. The summed E-state index contributed by atoms with van der Waals surface area (Å²) >= 11 is 6.08. The highest BCUT2D eigenvalue weighted by atomic mass is 127. The van der Waals surface area contributed by atoms with Crippen LogP contribution in [-0.4, -0.2) is 42.9 Å². The molecule has 1 aromatic rings. The number of carbonyl (C=O) groups is 2. The van der Waals surface area contributed by atoms with Crippen molar-refractivity contribution in [3.8, 4) is 5.75 Å². The molecule has 7 nitrogen and oxygen atoms in total. The number of benzene rings is 1. The molecule has 1 saturated carbocycles. The molecular formula is C19H22ClIN4O3. The van der Waals surface area contributed by atoms with Crippen molar-refractivity contribution in [2.45, 2.75) is 6.42 Å². The fraction of sp³-hybridized carbons (Fsp3) is 0.421. The van der Waals surface area contributed by atoms with Gasteiger partial charge in [-0.1, -0.05) is 23.8 Å². The quantitative estimate of drug-likeness (QED) is 0.206. The summed E-state index contributed by atoms with van der Waals surface area (Å²) in [5.41, 5.74) is 6.57. The first-order chi connectivity index (χ1) is 13.0. The maximum atomic E-state index is 12.6. The molecule has 2 amide bonds. The van der Waals surface area contributed by atoms with Crippen LogP contribution in [0.4, 0.5) is 5.69 Å². The number of allylic oxidation sites excluding steroid dienone is 2. The smallest absolute Gasteiger partial charge is 0.233 e. The average molecular weight is 517 g/mol. The van der Waals surface area contributed by atoms with Gasteiger partial charge in [0.1, 0.15) is 5.75 Å². The third-order valence-electron chi connectivity index (χ3n) is 5.59. The van der Waals surface area contributed by atoms with Crippen LogP contribution in [0.25, 0.3) is 0 Å². The summed E-state index contributed by atoms with van der Waals surface area (Å²) in [6.45, 7) is 0.498. The van der Waals surface area contributed by atoms with E-state index >= 15 is 0 Å². The van der Waals surface area contributed by atoms with Gasteiger partial charge < -0.3 is 15.8 Å². The van der Waals surface area contributed by atoms with Crippen LogP contribution in [0, 0.1) is 23.7 Å². The van der Waals surface area contributed by atoms with E-state index in [1.807, 2.05) is 0 Å². The van der Waals surface area contributed by atoms with E-state index in [9.17, 15) is 9.59 Å². The zero-order valence-electron chi connectivity index (χ0n) is 15.3. The number of anilines is 1. The number of ether oxygens (including phenoxy) is 1. The summed E-state index contributed by atoms with van der Waals surface area (Å²) < 4.78 is 5.10. The number of carbonyl (C=O) groups excluding carboxylic acids is 2. The Hall–Kier alpha value is -1.81. The van der Waals surface area contributed by atoms with Crippen LogP contribution in [-0.2, 0) is 9.59 Å². The molecule has 4 atom stereocenters. The van der Waals surface area contributed by atoms with Gasteiger partial charge in [0, 0.05) is 12.2 Å². The van der Waals surface area contributed by atoms with Crippen molar-refractivity contribution < 1.29 is 14.3 Å². The van der Waals surface area contributed by atoms with Gasteiger partial charge in [-0.05, 0) is 36.5 Å². The summed E-state index contributed by atoms with van der Waals surface area (Å²) in [5.74, 6) is 0.723. The van der Waals surface area contributed by atoms with Crippen LogP contribution in [0.15, 0.2) is 35.3 Å². The Morgan fingerprint density at radius 3 is 2.50 bits per heavy atom. The van der Waals surface area contributed by atoms with E-state index < -0.39 is 0 Å². The number of halogens is 2. The van der Waals surface area contributed by atoms with Crippen LogP contribution in [0.3, 0.4) is 0 Å². The highest BCUT2D eigenvalue weighted by molar-refractivity contribution is 14.0. The second kappa shape index (κ2) is 8.28. The molecule has 0 aromatic heterocycles. The topological polar surface area (TPSA) is 97.0 Å². The second-order valence-corrected chi connectivity index (χ2v) is 7.48. The average Bonchev–Trinajstić information content (AvgIpc) is 3.31. The number of nitrogens with two attached hydrogens (primary N) is 1. The van der Waals surface area contributed by atoms with Crippen LogP contribution in [0.5, 0.6) is 5.75 Å². The van der Waals surface area contributed by atoms with E-state index in [4.69, 9.17) is 22.1 Å². The van der Waals surface area contributed by atoms with Crippen LogP contribution < -0.4 is 15.8 Å². The molecule has 2 fully saturated rings. The van der Waals surface area contributed by atoms with Crippen LogP contribution in [0.2, 0.25) is 5.02 Å². The summed E-state index contributed by atoms with van der Waals surface area (Å²) in [6, 6.07) is 5.17. The number of hydrogen-bond donors (Lipinski definition) is 2. The number of imide groups is 1. The summed E-state index contributed by atoms with van der Waals surface area (Å²) in [7, 11) is 1.54. The van der Waals surface area contributed by atoms with Crippen LogP contribution in [0.1, 0.15) is 6.42 Å². The standard InChI is InChI=1S/C19H21ClN4O3.HI/c1-27-14-5-4-12(9-13(14)20)23-19(21)22-6-7-24-17(25)15-10-2-3-11(8-10)16(15)18(24)26;/h2-5,9-11,15-16H,6-8H2,1H3,(H3,21,22,23);1H. The Morgan fingerprint density at radius 1 is 1.29 bits per heavy atom. The fourth-order valence-corrected chi connectivity index (χ4v) is 4.64. The molecule has 1 aromatic carbocycles. The number of nitrogens with one attached hydrogen (secondary N) is 1. The zero-order valence-corrected chi connectivity index (χ0v) is 18.4. The van der Waals surface area contributed by atoms with Crippen molar-refractivity contribution in [3.63, 3.8) is 0 Å². The van der Waals surface area contributed by atoms with Gasteiger partial charge in [-0.15, -0.1) is 24.0 Å². The Morgan fingerprint density at radius 2 is 1.93 bits per heavy atom. The van der Waals surface area contributed by atoms with E-state index in [1.165, 1.54) is 4.90 Å². The van der Waals surface area contributed by atoms with Crippen molar-refractivity contribution in [1.82, 2.24) is 4.90 Å². The van der Waals surface area contributed by atoms with Crippen molar-refractivity contribution in [2.24, 2.45) is 34.4 Å². The Labute approximate surface area is 185 Å². The van der Waals surface area contributed by atoms with Crippen molar-refractivity contribution >= 4 is 59.0 Å². The van der Waals surface area contributed by atoms with Gasteiger partial charge >= 0.3 is 0 Å². The van der Waals surface area contributed by atoms with Gasteiger partial charge in [0.25, 0.3) is 0 Å². The number of likely N-dealkylation sites (tertiary alicyclic amines) is 1. The minimum atomic E-state index is -0.173. The molecule has 1 aliphatic heterocycles. The zero-order chi connectivity index (χ0) is 19.1. The SMILES string of the molecule is COc1ccc(NC(N)=NCCN2C(=O)C3C4C=CC(C4)C3C2=O)cc1Cl.I. The molecule has 0 spiro atoms. The fourth-order valence-electron chi connectivity index (χ4n) is 4.39.